The molecule has 4 aromatic rings. The average Bonchev–Trinajstić information content (AvgIpc) is 3.24. The maximum Gasteiger partial charge on any atom is 0.175 e. The number of nitrogens with zero attached hydrogens (tertiary/aromatic N) is 4. The first-order chi connectivity index (χ1) is 11.6. The van der Waals surface area contributed by atoms with Crippen molar-refractivity contribution >= 4 is 40.2 Å². The summed E-state index contributed by atoms with van der Waals surface area (Å²) in [5.74, 6) is 1.07. The summed E-state index contributed by atoms with van der Waals surface area (Å²) < 4.78 is 1.74. The van der Waals surface area contributed by atoms with Crippen LogP contribution >= 0.6 is 34.5 Å². The lowest BCUT2D eigenvalue weighted by Gasteiger charge is -2.05. The molecular weight excluding hydrogens is 363 g/mol. The van der Waals surface area contributed by atoms with Gasteiger partial charge in [0, 0.05) is 11.6 Å². The van der Waals surface area contributed by atoms with Gasteiger partial charge in [-0.15, -0.1) is 11.3 Å². The molecule has 120 valence electrons. The molecular formula is C17H12Cl2N4S. The van der Waals surface area contributed by atoms with Crippen LogP contribution in [0.5, 0.6) is 0 Å². The third-order valence-electron chi connectivity index (χ3n) is 3.62. The highest BCUT2D eigenvalue weighted by molar-refractivity contribution is 7.13. The summed E-state index contributed by atoms with van der Waals surface area (Å²) in [5, 5.41) is 6.67. The lowest BCUT2D eigenvalue weighted by Crippen LogP contribution is -2.04. The summed E-state index contributed by atoms with van der Waals surface area (Å²) in [5.41, 5.74) is 3.74. The van der Waals surface area contributed by atoms with Crippen LogP contribution in [0.25, 0.3) is 27.6 Å². The second-order valence-corrected chi connectivity index (χ2v) is 7.39. The Kier molecular flexibility index (Phi) is 4.00. The third-order valence-corrected chi connectivity index (χ3v) is 4.88. The van der Waals surface area contributed by atoms with Crippen LogP contribution in [0, 0.1) is 6.92 Å². The third kappa shape index (κ3) is 2.79. The fourth-order valence-corrected chi connectivity index (χ4v) is 3.33. The predicted octanol–water partition coefficient (Wildman–Crippen LogP) is 5.30. The van der Waals surface area contributed by atoms with Crippen LogP contribution in [0.2, 0.25) is 0 Å². The molecule has 0 aliphatic carbocycles. The van der Waals surface area contributed by atoms with Crippen molar-refractivity contribution in [2.75, 3.05) is 0 Å². The number of fused-ring (bicyclic) bond motifs is 1. The van der Waals surface area contributed by atoms with Crippen LogP contribution in [-0.4, -0.2) is 19.6 Å². The molecule has 0 saturated carbocycles. The van der Waals surface area contributed by atoms with Crippen molar-refractivity contribution in [3.8, 4) is 22.0 Å². The van der Waals surface area contributed by atoms with Gasteiger partial charge in [-0.3, -0.25) is 0 Å². The number of benzene rings is 1. The average molecular weight is 375 g/mol. The summed E-state index contributed by atoms with van der Waals surface area (Å²) >= 11 is 13.6. The molecule has 0 bridgehead atoms. The van der Waals surface area contributed by atoms with Gasteiger partial charge < -0.3 is 0 Å². The molecule has 3 heterocycles. The molecule has 0 atom stereocenters. The maximum atomic E-state index is 5.99. The van der Waals surface area contributed by atoms with E-state index >= 15 is 0 Å². The van der Waals surface area contributed by atoms with Gasteiger partial charge in [0.05, 0.1) is 10.6 Å². The van der Waals surface area contributed by atoms with Gasteiger partial charge >= 0.3 is 0 Å². The summed E-state index contributed by atoms with van der Waals surface area (Å²) in [7, 11) is 0. The Bertz CT molecular complexity index is 992. The molecule has 0 N–H and O–H groups in total. The molecule has 0 spiro atoms. The Hall–Kier alpha value is -1.95. The topological polar surface area (TPSA) is 43.1 Å². The van der Waals surface area contributed by atoms with Gasteiger partial charge in [0.2, 0.25) is 0 Å². The van der Waals surface area contributed by atoms with Gasteiger partial charge in [-0.05, 0) is 18.4 Å². The van der Waals surface area contributed by atoms with Gasteiger partial charge in [-0.25, -0.2) is 9.97 Å². The second kappa shape index (κ2) is 6.16. The Labute approximate surface area is 152 Å². The molecule has 24 heavy (non-hydrogen) atoms. The maximum absolute atomic E-state index is 5.99. The van der Waals surface area contributed by atoms with Crippen molar-refractivity contribution in [1.29, 1.82) is 0 Å². The lowest BCUT2D eigenvalue weighted by molar-refractivity contribution is 0.876. The van der Waals surface area contributed by atoms with E-state index in [1.54, 1.807) is 15.9 Å². The Balaban J connectivity index is 1.94. The Morgan fingerprint density at radius 3 is 2.54 bits per heavy atom. The first-order valence-corrected chi connectivity index (χ1v) is 9.04. The lowest BCUT2D eigenvalue weighted by atomic mass is 10.1. The minimum atomic E-state index is -0.786. The van der Waals surface area contributed by atoms with Crippen molar-refractivity contribution < 1.29 is 0 Å². The predicted molar refractivity (Wildman–Crippen MR) is 98.7 cm³/mol. The molecule has 4 rings (SSSR count). The molecule has 4 nitrogen and oxygen atoms in total. The van der Waals surface area contributed by atoms with Crippen LogP contribution in [0.15, 0.2) is 47.8 Å². The zero-order chi connectivity index (χ0) is 16.7. The number of hydrogen-bond donors (Lipinski definition) is 0. The zero-order valence-electron chi connectivity index (χ0n) is 12.6. The molecule has 0 aliphatic rings. The SMILES string of the molecule is Cc1ccc(-c2cc3nc(C(Cl)Cl)nc(-c4cccs4)n3n2)cc1. The minimum absolute atomic E-state index is 0.379. The Morgan fingerprint density at radius 1 is 1.08 bits per heavy atom. The van der Waals surface area contributed by atoms with Gasteiger partial charge in [-0.2, -0.15) is 9.61 Å². The Morgan fingerprint density at radius 2 is 1.88 bits per heavy atom. The number of hydrogen-bond acceptors (Lipinski definition) is 4. The number of rotatable bonds is 3. The number of alkyl halides is 2. The monoisotopic (exact) mass is 374 g/mol. The van der Waals surface area contributed by atoms with E-state index in [0.717, 1.165) is 16.1 Å². The molecule has 0 saturated heterocycles. The van der Waals surface area contributed by atoms with Crippen LogP contribution in [-0.2, 0) is 0 Å². The molecule has 0 aliphatic heterocycles. The zero-order valence-corrected chi connectivity index (χ0v) is 15.0. The van der Waals surface area contributed by atoms with Crippen molar-refractivity contribution in [2.24, 2.45) is 0 Å². The molecule has 1 aromatic carbocycles. The first-order valence-electron chi connectivity index (χ1n) is 7.28. The van der Waals surface area contributed by atoms with Crippen molar-refractivity contribution in [3.63, 3.8) is 0 Å². The summed E-state index contributed by atoms with van der Waals surface area (Å²) in [4.78, 5) is 9.14. The molecule has 0 amide bonds. The van der Waals surface area contributed by atoms with Gasteiger partial charge in [0.25, 0.3) is 0 Å². The highest BCUT2D eigenvalue weighted by Crippen LogP contribution is 2.29. The van der Waals surface area contributed by atoms with E-state index in [2.05, 4.69) is 34.1 Å². The second-order valence-electron chi connectivity index (χ2n) is 5.35. The highest BCUT2D eigenvalue weighted by atomic mass is 35.5. The van der Waals surface area contributed by atoms with E-state index in [1.165, 1.54) is 5.56 Å². The van der Waals surface area contributed by atoms with E-state index in [9.17, 15) is 0 Å². The largest absolute Gasteiger partial charge is 0.211 e. The molecule has 0 radical (unpaired) electrons. The fourth-order valence-electron chi connectivity index (χ4n) is 2.43. The van der Waals surface area contributed by atoms with Gasteiger partial charge in [0.15, 0.2) is 22.1 Å². The van der Waals surface area contributed by atoms with Crippen molar-refractivity contribution in [2.45, 2.75) is 11.8 Å². The molecule has 0 fully saturated rings. The minimum Gasteiger partial charge on any atom is -0.211 e. The van der Waals surface area contributed by atoms with E-state index in [0.29, 0.717) is 17.3 Å². The molecule has 0 unspecified atom stereocenters. The standard InChI is InChI=1S/C17H12Cl2N4S/c1-10-4-6-11(7-5-10)12-9-14-20-16(15(18)19)21-17(23(14)22-12)13-3-2-8-24-13/h2-9,15H,1H3. The fraction of sp³-hybridized carbons (Fsp3) is 0.118. The molecule has 3 aromatic heterocycles. The quantitative estimate of drug-likeness (QED) is 0.456. The molecule has 7 heteroatoms. The highest BCUT2D eigenvalue weighted by Gasteiger charge is 2.17. The van der Waals surface area contributed by atoms with Gasteiger partial charge in [0.1, 0.15) is 0 Å². The van der Waals surface area contributed by atoms with E-state index in [4.69, 9.17) is 23.2 Å². The number of aryl methyl sites for hydroxylation is 1. The normalized spacial score (nSPS) is 11.5. The van der Waals surface area contributed by atoms with E-state index in [-0.39, 0.29) is 0 Å². The van der Waals surface area contributed by atoms with Crippen molar-refractivity contribution in [1.82, 2.24) is 19.6 Å². The number of aromatic nitrogens is 4. The van der Waals surface area contributed by atoms with Crippen molar-refractivity contribution in [3.05, 3.63) is 59.2 Å². The van der Waals surface area contributed by atoms with Gasteiger partial charge in [-0.1, -0.05) is 59.1 Å². The van der Waals surface area contributed by atoms with Crippen LogP contribution in [0.1, 0.15) is 16.2 Å². The van der Waals surface area contributed by atoms with Crippen LogP contribution < -0.4 is 0 Å². The van der Waals surface area contributed by atoms with Crippen LogP contribution in [0.3, 0.4) is 0 Å². The number of halogens is 2. The summed E-state index contributed by atoms with van der Waals surface area (Å²) in [6.45, 7) is 2.06. The van der Waals surface area contributed by atoms with E-state index < -0.39 is 4.84 Å². The number of thiophene rings is 1. The van der Waals surface area contributed by atoms with Crippen LogP contribution in [0.4, 0.5) is 0 Å². The van der Waals surface area contributed by atoms with E-state index in [1.807, 2.05) is 35.7 Å². The first kappa shape index (κ1) is 15.6. The smallest absolute Gasteiger partial charge is 0.175 e. The summed E-state index contributed by atoms with van der Waals surface area (Å²) in [6.07, 6.45) is 0. The summed E-state index contributed by atoms with van der Waals surface area (Å²) in [6, 6.07) is 14.1.